The Bertz CT molecular complexity index is 522. The normalized spacial score (nSPS) is 17.2. The predicted octanol–water partition coefficient (Wildman–Crippen LogP) is 1.83. The third-order valence-corrected chi connectivity index (χ3v) is 4.32. The van der Waals surface area contributed by atoms with E-state index in [2.05, 4.69) is 36.3 Å². The van der Waals surface area contributed by atoms with E-state index >= 15 is 0 Å². The minimum atomic E-state index is 0.385. The first kappa shape index (κ1) is 12.2. The summed E-state index contributed by atoms with van der Waals surface area (Å²) in [5.74, 6) is 1.21. The summed E-state index contributed by atoms with van der Waals surface area (Å²) in [4.78, 5) is 5.86. The van der Waals surface area contributed by atoms with E-state index in [1.54, 1.807) is 22.3 Å². The van der Waals surface area contributed by atoms with Crippen molar-refractivity contribution in [1.82, 2.24) is 25.2 Å². The first-order valence-electron chi connectivity index (χ1n) is 5.77. The molecule has 0 atom stereocenters. The molecule has 8 heteroatoms. The number of hydrogen-bond donors (Lipinski definition) is 0. The van der Waals surface area contributed by atoms with Crippen molar-refractivity contribution in [2.45, 2.75) is 25.3 Å². The third kappa shape index (κ3) is 2.76. The van der Waals surface area contributed by atoms with Gasteiger partial charge in [-0.25, -0.2) is 4.98 Å². The Morgan fingerprint density at radius 2 is 2.28 bits per heavy atom. The van der Waals surface area contributed by atoms with Gasteiger partial charge in [-0.3, -0.25) is 0 Å². The summed E-state index contributed by atoms with van der Waals surface area (Å²) >= 11 is 4.97. The summed E-state index contributed by atoms with van der Waals surface area (Å²) in [6.45, 7) is 2.16. The summed E-state index contributed by atoms with van der Waals surface area (Å²) in [6.07, 6.45) is 3.75. The van der Waals surface area contributed by atoms with Crippen LogP contribution in [0.2, 0.25) is 0 Å². The largest absolute Gasteiger partial charge is 0.381 e. The molecule has 0 spiro atoms. The van der Waals surface area contributed by atoms with Crippen LogP contribution in [0.4, 0.5) is 0 Å². The first-order valence-corrected chi connectivity index (χ1v) is 7.38. The molecular formula is C10H12BrN5OS. The maximum Gasteiger partial charge on any atom is 0.178 e. The molecule has 0 unspecified atom stereocenters. The molecule has 0 amide bonds. The van der Waals surface area contributed by atoms with Gasteiger partial charge in [-0.15, -0.1) is 21.5 Å². The van der Waals surface area contributed by atoms with Crippen LogP contribution in [0.1, 0.15) is 29.6 Å². The number of nitrogens with zero attached hydrogens (tertiary/aromatic N) is 5. The molecule has 3 rings (SSSR count). The van der Waals surface area contributed by atoms with Crippen LogP contribution in [0.3, 0.4) is 0 Å². The molecule has 1 aliphatic heterocycles. The summed E-state index contributed by atoms with van der Waals surface area (Å²) in [5.41, 5.74) is 0. The molecule has 0 radical (unpaired) electrons. The number of hydrogen-bond acceptors (Lipinski definition) is 6. The van der Waals surface area contributed by atoms with Crippen molar-refractivity contribution in [2.24, 2.45) is 0 Å². The summed E-state index contributed by atoms with van der Waals surface area (Å²) in [6, 6.07) is 0. The molecule has 0 N–H and O–H groups in total. The highest BCUT2D eigenvalue weighted by atomic mass is 79.9. The first-order chi connectivity index (χ1) is 8.81. The molecule has 1 fully saturated rings. The highest BCUT2D eigenvalue weighted by molar-refractivity contribution is 9.11. The Kier molecular flexibility index (Phi) is 3.67. The second-order valence-corrected chi connectivity index (χ2v) is 6.62. The van der Waals surface area contributed by atoms with Gasteiger partial charge < -0.3 is 4.74 Å². The van der Waals surface area contributed by atoms with E-state index in [9.17, 15) is 0 Å². The van der Waals surface area contributed by atoms with Crippen molar-refractivity contribution in [3.63, 3.8) is 0 Å². The van der Waals surface area contributed by atoms with E-state index in [0.717, 1.165) is 40.7 Å². The smallest absolute Gasteiger partial charge is 0.178 e. The van der Waals surface area contributed by atoms with Crippen LogP contribution in [0.5, 0.6) is 0 Å². The SMILES string of the molecule is Brc1cnc(Cn2nnc(C3CCOCC3)n2)s1. The van der Waals surface area contributed by atoms with Crippen LogP contribution >= 0.6 is 27.3 Å². The molecule has 0 aromatic carbocycles. The standard InChI is InChI=1S/C10H12BrN5OS/c11-8-5-12-9(18-8)6-16-14-10(13-15-16)7-1-3-17-4-2-7/h5,7H,1-4,6H2. The van der Waals surface area contributed by atoms with Gasteiger partial charge >= 0.3 is 0 Å². The van der Waals surface area contributed by atoms with Crippen LogP contribution < -0.4 is 0 Å². The van der Waals surface area contributed by atoms with E-state index in [0.29, 0.717) is 12.5 Å². The fourth-order valence-corrected chi connectivity index (χ4v) is 3.20. The van der Waals surface area contributed by atoms with Crippen molar-refractivity contribution in [3.05, 3.63) is 20.8 Å². The molecule has 96 valence electrons. The van der Waals surface area contributed by atoms with Crippen molar-refractivity contribution in [1.29, 1.82) is 0 Å². The molecule has 3 heterocycles. The van der Waals surface area contributed by atoms with Crippen LogP contribution in [0.25, 0.3) is 0 Å². The van der Waals surface area contributed by atoms with Gasteiger partial charge in [0.25, 0.3) is 0 Å². The Morgan fingerprint density at radius 3 is 3.00 bits per heavy atom. The average Bonchev–Trinajstić information content (AvgIpc) is 3.01. The number of tetrazole rings is 1. The Labute approximate surface area is 116 Å². The maximum atomic E-state index is 5.33. The zero-order chi connectivity index (χ0) is 12.4. The molecule has 2 aromatic heterocycles. The molecule has 0 bridgehead atoms. The van der Waals surface area contributed by atoms with Crippen molar-refractivity contribution >= 4 is 27.3 Å². The minimum absolute atomic E-state index is 0.385. The zero-order valence-electron chi connectivity index (χ0n) is 9.62. The fourth-order valence-electron chi connectivity index (χ4n) is 1.92. The quantitative estimate of drug-likeness (QED) is 0.859. The van der Waals surface area contributed by atoms with Gasteiger partial charge in [-0.1, -0.05) is 0 Å². The second-order valence-electron chi connectivity index (χ2n) is 4.12. The minimum Gasteiger partial charge on any atom is -0.381 e. The van der Waals surface area contributed by atoms with Gasteiger partial charge in [0.2, 0.25) is 0 Å². The zero-order valence-corrected chi connectivity index (χ0v) is 12.0. The van der Waals surface area contributed by atoms with Gasteiger partial charge in [0.05, 0.1) is 9.98 Å². The van der Waals surface area contributed by atoms with E-state index in [-0.39, 0.29) is 0 Å². The van der Waals surface area contributed by atoms with Crippen LogP contribution in [-0.4, -0.2) is 38.4 Å². The van der Waals surface area contributed by atoms with Crippen molar-refractivity contribution in [2.75, 3.05) is 13.2 Å². The van der Waals surface area contributed by atoms with E-state index in [1.165, 1.54) is 0 Å². The summed E-state index contributed by atoms with van der Waals surface area (Å²) in [7, 11) is 0. The molecular weight excluding hydrogens is 318 g/mol. The predicted molar refractivity (Wildman–Crippen MR) is 69.5 cm³/mol. The number of thiazole rings is 1. The molecule has 0 saturated carbocycles. The van der Waals surface area contributed by atoms with Gasteiger partial charge in [-0.05, 0) is 34.0 Å². The lowest BCUT2D eigenvalue weighted by Crippen LogP contribution is -2.15. The molecule has 1 aliphatic rings. The Morgan fingerprint density at radius 1 is 1.44 bits per heavy atom. The number of rotatable bonds is 3. The number of ether oxygens (including phenoxy) is 1. The van der Waals surface area contributed by atoms with Crippen molar-refractivity contribution < 1.29 is 4.74 Å². The average molecular weight is 330 g/mol. The Balaban J connectivity index is 1.69. The lowest BCUT2D eigenvalue weighted by molar-refractivity contribution is 0.0835. The molecule has 1 saturated heterocycles. The van der Waals surface area contributed by atoms with E-state index in [1.807, 2.05) is 0 Å². The molecule has 0 aliphatic carbocycles. The highest BCUT2D eigenvalue weighted by Gasteiger charge is 2.20. The van der Waals surface area contributed by atoms with Crippen LogP contribution in [-0.2, 0) is 11.3 Å². The van der Waals surface area contributed by atoms with Crippen LogP contribution in [0, 0.1) is 0 Å². The van der Waals surface area contributed by atoms with Gasteiger partial charge in [0.1, 0.15) is 11.6 Å². The Hall–Kier alpha value is -0.860. The van der Waals surface area contributed by atoms with Gasteiger partial charge in [0, 0.05) is 19.1 Å². The maximum absolute atomic E-state index is 5.33. The fraction of sp³-hybridized carbons (Fsp3) is 0.600. The number of aromatic nitrogens is 5. The van der Waals surface area contributed by atoms with E-state index in [4.69, 9.17) is 4.74 Å². The summed E-state index contributed by atoms with van der Waals surface area (Å²) < 4.78 is 6.35. The monoisotopic (exact) mass is 329 g/mol. The lowest BCUT2D eigenvalue weighted by atomic mass is 10.00. The van der Waals surface area contributed by atoms with Crippen molar-refractivity contribution in [3.8, 4) is 0 Å². The molecule has 6 nitrogen and oxygen atoms in total. The van der Waals surface area contributed by atoms with E-state index < -0.39 is 0 Å². The molecule has 2 aromatic rings. The highest BCUT2D eigenvalue weighted by Crippen LogP contribution is 2.23. The van der Waals surface area contributed by atoms with Gasteiger partial charge in [-0.2, -0.15) is 4.80 Å². The summed E-state index contributed by atoms with van der Waals surface area (Å²) in [5, 5.41) is 13.6. The second kappa shape index (κ2) is 5.41. The van der Waals surface area contributed by atoms with Gasteiger partial charge in [0.15, 0.2) is 5.82 Å². The third-order valence-electron chi connectivity index (χ3n) is 2.86. The molecule has 18 heavy (non-hydrogen) atoms. The number of halogens is 1. The lowest BCUT2D eigenvalue weighted by Gasteiger charge is -2.18. The topological polar surface area (TPSA) is 65.7 Å². The van der Waals surface area contributed by atoms with Crippen LogP contribution in [0.15, 0.2) is 9.98 Å².